The predicted octanol–water partition coefficient (Wildman–Crippen LogP) is 4.25. The first-order valence-corrected chi connectivity index (χ1v) is 10.6. The number of para-hydroxylation sites is 1. The lowest BCUT2D eigenvalue weighted by molar-refractivity contribution is 0.314. The number of rotatable bonds is 7. The molecule has 0 heterocycles. The van der Waals surface area contributed by atoms with Crippen molar-refractivity contribution in [3.8, 4) is 5.75 Å². The summed E-state index contributed by atoms with van der Waals surface area (Å²) in [6, 6.07) is 15.1. The molecule has 0 atom stereocenters. The fourth-order valence-corrected chi connectivity index (χ4v) is 4.03. The summed E-state index contributed by atoms with van der Waals surface area (Å²) in [5.41, 5.74) is 1.81. The lowest BCUT2D eigenvalue weighted by Gasteiger charge is -2.22. The summed E-state index contributed by atoms with van der Waals surface area (Å²) >= 11 is 3.35. The maximum Gasteiger partial charge on any atom is 0.215 e. The van der Waals surface area contributed by atoms with Crippen molar-refractivity contribution < 1.29 is 13.2 Å². The van der Waals surface area contributed by atoms with Gasteiger partial charge >= 0.3 is 0 Å². The molecule has 0 aliphatic heterocycles. The second-order valence-corrected chi connectivity index (χ2v) is 9.60. The first-order chi connectivity index (χ1) is 11.7. The van der Waals surface area contributed by atoms with Gasteiger partial charge in [0.05, 0.1) is 5.75 Å². The molecule has 2 aromatic rings. The minimum atomic E-state index is -3.40. The lowest BCUT2D eigenvalue weighted by atomic mass is 9.86. The Hall–Kier alpha value is -1.37. The van der Waals surface area contributed by atoms with Crippen LogP contribution < -0.4 is 9.46 Å². The maximum absolute atomic E-state index is 12.2. The Kier molecular flexibility index (Phi) is 6.65. The molecule has 6 heteroatoms. The van der Waals surface area contributed by atoms with Crippen LogP contribution in [0.1, 0.15) is 31.9 Å². The molecule has 0 saturated heterocycles. The largest absolute Gasteiger partial charge is 0.492 e. The molecule has 136 valence electrons. The third-order valence-corrected chi connectivity index (χ3v) is 5.47. The molecule has 0 amide bonds. The maximum atomic E-state index is 12.2. The minimum Gasteiger partial charge on any atom is -0.492 e. The van der Waals surface area contributed by atoms with E-state index >= 15 is 0 Å². The van der Waals surface area contributed by atoms with E-state index in [0.717, 1.165) is 21.3 Å². The van der Waals surface area contributed by atoms with Crippen molar-refractivity contribution >= 4 is 26.0 Å². The third-order valence-electron chi connectivity index (χ3n) is 3.62. The molecule has 0 fully saturated rings. The second kappa shape index (κ2) is 8.34. The van der Waals surface area contributed by atoms with Gasteiger partial charge in [0, 0.05) is 11.0 Å². The second-order valence-electron chi connectivity index (χ2n) is 6.88. The molecule has 1 N–H and O–H groups in total. The van der Waals surface area contributed by atoms with Crippen molar-refractivity contribution in [1.82, 2.24) is 4.72 Å². The van der Waals surface area contributed by atoms with Crippen molar-refractivity contribution in [2.45, 2.75) is 31.9 Å². The van der Waals surface area contributed by atoms with Crippen LogP contribution in [-0.2, 0) is 21.2 Å². The Morgan fingerprint density at radius 1 is 1.08 bits per heavy atom. The smallest absolute Gasteiger partial charge is 0.215 e. The number of nitrogens with one attached hydrogen (secondary N) is 1. The van der Waals surface area contributed by atoms with E-state index in [1.54, 1.807) is 12.1 Å². The van der Waals surface area contributed by atoms with Gasteiger partial charge in [-0.2, -0.15) is 0 Å². The van der Waals surface area contributed by atoms with Crippen LogP contribution in [0.2, 0.25) is 0 Å². The van der Waals surface area contributed by atoms with E-state index < -0.39 is 10.0 Å². The van der Waals surface area contributed by atoms with E-state index in [1.807, 2.05) is 36.4 Å². The molecule has 25 heavy (non-hydrogen) atoms. The molecule has 0 aromatic heterocycles. The van der Waals surface area contributed by atoms with Crippen molar-refractivity contribution in [2.24, 2.45) is 0 Å². The van der Waals surface area contributed by atoms with Crippen LogP contribution in [0.5, 0.6) is 5.75 Å². The summed E-state index contributed by atoms with van der Waals surface area (Å²) in [4.78, 5) is 0. The highest BCUT2D eigenvalue weighted by Crippen LogP contribution is 2.30. The number of hydrogen-bond acceptors (Lipinski definition) is 3. The molecule has 2 aromatic carbocycles. The summed E-state index contributed by atoms with van der Waals surface area (Å²) in [5.74, 6) is 0.742. The average Bonchev–Trinajstić information content (AvgIpc) is 2.50. The highest BCUT2D eigenvalue weighted by Gasteiger charge is 2.18. The first-order valence-electron chi connectivity index (χ1n) is 8.11. The highest BCUT2D eigenvalue weighted by atomic mass is 79.9. The van der Waals surface area contributed by atoms with Gasteiger partial charge in [-0.25, -0.2) is 13.1 Å². The third kappa shape index (κ3) is 6.45. The number of ether oxygens (including phenoxy) is 1. The van der Waals surface area contributed by atoms with E-state index in [2.05, 4.69) is 41.4 Å². The summed E-state index contributed by atoms with van der Waals surface area (Å²) in [7, 11) is -3.40. The predicted molar refractivity (Wildman–Crippen MR) is 105 cm³/mol. The molecular weight excluding hydrogens is 402 g/mol. The van der Waals surface area contributed by atoms with Crippen LogP contribution in [0.25, 0.3) is 0 Å². The number of halogens is 1. The first kappa shape index (κ1) is 19.9. The van der Waals surface area contributed by atoms with Crippen LogP contribution >= 0.6 is 15.9 Å². The van der Waals surface area contributed by atoms with E-state index in [4.69, 9.17) is 4.74 Å². The van der Waals surface area contributed by atoms with Crippen LogP contribution in [0.3, 0.4) is 0 Å². The van der Waals surface area contributed by atoms with Gasteiger partial charge in [0.1, 0.15) is 12.4 Å². The van der Waals surface area contributed by atoms with Gasteiger partial charge in [0.25, 0.3) is 0 Å². The molecular formula is C19H24BrNO3S. The van der Waals surface area contributed by atoms with Crippen molar-refractivity contribution in [1.29, 1.82) is 0 Å². The van der Waals surface area contributed by atoms with Gasteiger partial charge in [0.2, 0.25) is 10.0 Å². The molecule has 2 rings (SSSR count). The van der Waals surface area contributed by atoms with E-state index in [0.29, 0.717) is 0 Å². The monoisotopic (exact) mass is 425 g/mol. The Morgan fingerprint density at radius 3 is 2.48 bits per heavy atom. The fourth-order valence-electron chi connectivity index (χ4n) is 2.47. The van der Waals surface area contributed by atoms with E-state index in [9.17, 15) is 8.42 Å². The molecule has 0 bridgehead atoms. The SMILES string of the molecule is CC(C)(C)c1ccccc1OCCNS(=O)(=O)Cc1cccc(Br)c1. The Morgan fingerprint density at radius 2 is 1.80 bits per heavy atom. The zero-order chi connectivity index (χ0) is 18.5. The quantitative estimate of drug-likeness (QED) is 0.674. The Balaban J connectivity index is 1.89. The number of benzene rings is 2. The van der Waals surface area contributed by atoms with E-state index in [1.165, 1.54) is 0 Å². The lowest BCUT2D eigenvalue weighted by Crippen LogP contribution is -2.29. The minimum absolute atomic E-state index is 0.0310. The average molecular weight is 426 g/mol. The summed E-state index contributed by atoms with van der Waals surface area (Å²) in [5, 5.41) is 0. The van der Waals surface area contributed by atoms with Crippen LogP contribution in [0.4, 0.5) is 0 Å². The zero-order valence-corrected chi connectivity index (χ0v) is 17.2. The normalized spacial score (nSPS) is 12.2. The molecule has 0 radical (unpaired) electrons. The molecule has 4 nitrogen and oxygen atoms in total. The summed E-state index contributed by atoms with van der Waals surface area (Å²) < 4.78 is 33.6. The van der Waals surface area contributed by atoms with Gasteiger partial charge in [-0.05, 0) is 34.7 Å². The molecule has 0 aliphatic rings. The van der Waals surface area contributed by atoms with Crippen LogP contribution in [0.15, 0.2) is 53.0 Å². The Labute approximate surface area is 158 Å². The molecule has 0 saturated carbocycles. The Bertz CT molecular complexity index is 813. The van der Waals surface area contributed by atoms with Gasteiger partial charge in [-0.3, -0.25) is 0 Å². The number of sulfonamides is 1. The van der Waals surface area contributed by atoms with Crippen molar-refractivity contribution in [3.63, 3.8) is 0 Å². The summed E-state index contributed by atoms with van der Waals surface area (Å²) in [6.45, 7) is 6.88. The van der Waals surface area contributed by atoms with Gasteiger partial charge in [0.15, 0.2) is 0 Å². The van der Waals surface area contributed by atoms with Gasteiger partial charge < -0.3 is 4.74 Å². The van der Waals surface area contributed by atoms with Gasteiger partial charge in [-0.15, -0.1) is 0 Å². The molecule has 0 aliphatic carbocycles. The molecule has 0 spiro atoms. The van der Waals surface area contributed by atoms with E-state index in [-0.39, 0.29) is 24.3 Å². The van der Waals surface area contributed by atoms with Crippen molar-refractivity contribution in [2.75, 3.05) is 13.2 Å². The van der Waals surface area contributed by atoms with Crippen molar-refractivity contribution in [3.05, 3.63) is 64.1 Å². The zero-order valence-electron chi connectivity index (χ0n) is 14.8. The highest BCUT2D eigenvalue weighted by molar-refractivity contribution is 9.10. The van der Waals surface area contributed by atoms with Crippen LogP contribution in [0, 0.1) is 0 Å². The number of hydrogen-bond donors (Lipinski definition) is 1. The topological polar surface area (TPSA) is 55.4 Å². The molecule has 0 unspecified atom stereocenters. The fraction of sp³-hybridized carbons (Fsp3) is 0.368. The standard InChI is InChI=1S/C19H24BrNO3S/c1-19(2,3)17-9-4-5-10-18(17)24-12-11-21-25(22,23)14-15-7-6-8-16(20)13-15/h4-10,13,21H,11-12,14H2,1-3H3. The van der Waals surface area contributed by atoms with Crippen LogP contribution in [-0.4, -0.2) is 21.6 Å². The summed E-state index contributed by atoms with van der Waals surface area (Å²) in [6.07, 6.45) is 0. The van der Waals surface area contributed by atoms with Gasteiger partial charge in [-0.1, -0.05) is 67.0 Å².